The first-order chi connectivity index (χ1) is 13.2. The first-order valence-corrected chi connectivity index (χ1v) is 8.94. The molecule has 1 N–H and O–H groups in total. The molecule has 0 aliphatic heterocycles. The highest BCUT2D eigenvalue weighted by Gasteiger charge is 2.08. The van der Waals surface area contributed by atoms with Crippen molar-refractivity contribution < 1.29 is 9.53 Å². The van der Waals surface area contributed by atoms with Crippen LogP contribution in [0.3, 0.4) is 0 Å². The highest BCUT2D eigenvalue weighted by Crippen LogP contribution is 2.23. The fraction of sp³-hybridized carbons (Fsp3) is 0.227. The van der Waals surface area contributed by atoms with Crippen LogP contribution in [0.15, 0.2) is 54.7 Å². The van der Waals surface area contributed by atoms with Gasteiger partial charge in [-0.05, 0) is 61.7 Å². The van der Waals surface area contributed by atoms with Crippen molar-refractivity contribution in [3.63, 3.8) is 0 Å². The van der Waals surface area contributed by atoms with Gasteiger partial charge in [0.1, 0.15) is 5.75 Å². The maximum atomic E-state index is 12.3. The fourth-order valence-corrected chi connectivity index (χ4v) is 2.88. The van der Waals surface area contributed by atoms with Crippen LogP contribution in [0.1, 0.15) is 30.4 Å². The Kier molecular flexibility index (Phi) is 6.01. The Hall–Kier alpha value is -3.39. The summed E-state index contributed by atoms with van der Waals surface area (Å²) in [6, 6.07) is 17.0. The molecule has 0 atom stereocenters. The van der Waals surface area contributed by atoms with Gasteiger partial charge in [0.2, 0.25) is 5.91 Å². The molecule has 0 aliphatic rings. The predicted octanol–water partition coefficient (Wildman–Crippen LogP) is 4.60. The lowest BCUT2D eigenvalue weighted by Crippen LogP contribution is -2.12. The Labute approximate surface area is 158 Å². The molecule has 0 saturated heterocycles. The molecule has 1 heterocycles. The molecule has 3 aromatic rings. The van der Waals surface area contributed by atoms with Gasteiger partial charge in [-0.1, -0.05) is 12.1 Å². The molecule has 0 fully saturated rings. The molecule has 1 aromatic heterocycles. The van der Waals surface area contributed by atoms with Crippen molar-refractivity contribution in [2.75, 3.05) is 11.9 Å². The number of hydrogen-bond donors (Lipinski definition) is 1. The average molecular weight is 359 g/mol. The number of pyridine rings is 1. The molecule has 0 saturated carbocycles. The number of nitrogens with one attached hydrogen (secondary N) is 1. The van der Waals surface area contributed by atoms with Crippen LogP contribution in [0.2, 0.25) is 0 Å². The van der Waals surface area contributed by atoms with E-state index in [4.69, 9.17) is 10.00 Å². The van der Waals surface area contributed by atoms with Crippen LogP contribution in [0, 0.1) is 18.3 Å². The van der Waals surface area contributed by atoms with E-state index in [9.17, 15) is 4.79 Å². The van der Waals surface area contributed by atoms with Gasteiger partial charge in [0.25, 0.3) is 0 Å². The van der Waals surface area contributed by atoms with E-state index in [1.807, 2.05) is 31.2 Å². The highest BCUT2D eigenvalue weighted by atomic mass is 16.5. The smallest absolute Gasteiger partial charge is 0.224 e. The molecule has 136 valence electrons. The number of nitriles is 1. The first kappa shape index (κ1) is 18.4. The van der Waals surface area contributed by atoms with Crippen molar-refractivity contribution in [2.24, 2.45) is 0 Å². The molecule has 0 unspecified atom stereocenters. The number of amides is 1. The van der Waals surface area contributed by atoms with Gasteiger partial charge >= 0.3 is 0 Å². The third-order valence-electron chi connectivity index (χ3n) is 4.15. The van der Waals surface area contributed by atoms with Gasteiger partial charge < -0.3 is 10.1 Å². The molecule has 2 aromatic carbocycles. The molecule has 3 rings (SSSR count). The minimum absolute atomic E-state index is 0.0287. The summed E-state index contributed by atoms with van der Waals surface area (Å²) in [6.45, 7) is 2.51. The summed E-state index contributed by atoms with van der Waals surface area (Å²) in [5.41, 5.74) is 3.21. The van der Waals surface area contributed by atoms with E-state index in [-0.39, 0.29) is 5.91 Å². The molecule has 5 nitrogen and oxygen atoms in total. The molecule has 27 heavy (non-hydrogen) atoms. The van der Waals surface area contributed by atoms with Crippen LogP contribution in [0.4, 0.5) is 5.69 Å². The number of hydrogen-bond acceptors (Lipinski definition) is 4. The summed E-state index contributed by atoms with van der Waals surface area (Å²) in [4.78, 5) is 16.6. The van der Waals surface area contributed by atoms with Crippen molar-refractivity contribution >= 4 is 22.5 Å². The summed E-state index contributed by atoms with van der Waals surface area (Å²) in [7, 11) is 0. The van der Waals surface area contributed by atoms with Crippen LogP contribution >= 0.6 is 0 Å². The first-order valence-electron chi connectivity index (χ1n) is 8.94. The highest BCUT2D eigenvalue weighted by molar-refractivity contribution is 6.00. The molecule has 0 radical (unpaired) electrons. The molecule has 0 aliphatic carbocycles. The average Bonchev–Trinajstić information content (AvgIpc) is 2.67. The minimum atomic E-state index is -0.0287. The van der Waals surface area contributed by atoms with Gasteiger partial charge in [0.15, 0.2) is 0 Å². The lowest BCUT2D eigenvalue weighted by Gasteiger charge is -2.10. The number of ether oxygens (including phenoxy) is 1. The normalized spacial score (nSPS) is 10.4. The minimum Gasteiger partial charge on any atom is -0.494 e. The molecular formula is C22H21N3O2. The van der Waals surface area contributed by atoms with Crippen LogP contribution < -0.4 is 10.1 Å². The summed E-state index contributed by atoms with van der Waals surface area (Å²) in [6.07, 6.45) is 3.63. The molecule has 0 bridgehead atoms. The second kappa shape index (κ2) is 8.81. The molecule has 0 spiro atoms. The summed E-state index contributed by atoms with van der Waals surface area (Å²) in [5.74, 6) is 0.648. The van der Waals surface area contributed by atoms with Crippen molar-refractivity contribution in [3.05, 3.63) is 65.9 Å². The Morgan fingerprint density at radius 3 is 2.93 bits per heavy atom. The number of nitrogens with zero attached hydrogens (tertiary/aromatic N) is 2. The fourth-order valence-electron chi connectivity index (χ4n) is 2.88. The summed E-state index contributed by atoms with van der Waals surface area (Å²) >= 11 is 0. The monoisotopic (exact) mass is 359 g/mol. The van der Waals surface area contributed by atoms with Gasteiger partial charge in [-0.2, -0.15) is 5.26 Å². The maximum Gasteiger partial charge on any atom is 0.224 e. The second-order valence-corrected chi connectivity index (χ2v) is 6.38. The Morgan fingerprint density at radius 1 is 1.19 bits per heavy atom. The van der Waals surface area contributed by atoms with Crippen LogP contribution in [-0.4, -0.2) is 17.5 Å². The van der Waals surface area contributed by atoms with Crippen LogP contribution in [-0.2, 0) is 4.79 Å². The Balaban J connectivity index is 1.47. The maximum absolute atomic E-state index is 12.3. The Morgan fingerprint density at radius 2 is 2.07 bits per heavy atom. The summed E-state index contributed by atoms with van der Waals surface area (Å²) < 4.78 is 5.63. The van der Waals surface area contributed by atoms with Crippen molar-refractivity contribution in [3.8, 4) is 11.8 Å². The van der Waals surface area contributed by atoms with Gasteiger partial charge in [-0.15, -0.1) is 0 Å². The molecular weight excluding hydrogens is 338 g/mol. The van der Waals surface area contributed by atoms with Gasteiger partial charge in [-0.25, -0.2) is 0 Å². The number of aryl methyl sites for hydroxylation is 1. The van der Waals surface area contributed by atoms with E-state index in [0.29, 0.717) is 24.3 Å². The number of benzene rings is 2. The van der Waals surface area contributed by atoms with E-state index in [1.54, 1.807) is 24.4 Å². The zero-order chi connectivity index (χ0) is 19.1. The van der Waals surface area contributed by atoms with Crippen molar-refractivity contribution in [1.29, 1.82) is 5.26 Å². The number of unbranched alkanes of at least 4 members (excludes halogenated alkanes) is 1. The lowest BCUT2D eigenvalue weighted by atomic mass is 10.1. The standard InChI is InChI=1S/C22H21N3O2/c1-16-12-18-7-5-10-24-22(18)20(13-16)25-21(26)9-2-3-11-27-19-8-4-6-17(14-19)15-23/h4-8,10,12-14H,2-3,9,11H2,1H3,(H,25,26). The lowest BCUT2D eigenvalue weighted by molar-refractivity contribution is -0.116. The SMILES string of the molecule is Cc1cc(NC(=O)CCCCOc2cccc(C#N)c2)c2ncccc2c1. The zero-order valence-corrected chi connectivity index (χ0v) is 15.2. The second-order valence-electron chi connectivity index (χ2n) is 6.38. The molecule has 1 amide bonds. The molecule has 5 heteroatoms. The van der Waals surface area contributed by atoms with Crippen molar-refractivity contribution in [1.82, 2.24) is 4.98 Å². The van der Waals surface area contributed by atoms with Gasteiger partial charge in [0, 0.05) is 18.0 Å². The third kappa shape index (κ3) is 5.05. The number of aromatic nitrogens is 1. The van der Waals surface area contributed by atoms with Gasteiger partial charge in [-0.3, -0.25) is 9.78 Å². The van der Waals surface area contributed by atoms with Crippen LogP contribution in [0.25, 0.3) is 10.9 Å². The number of fused-ring (bicyclic) bond motifs is 1. The van der Waals surface area contributed by atoms with E-state index in [2.05, 4.69) is 22.4 Å². The van der Waals surface area contributed by atoms with E-state index < -0.39 is 0 Å². The van der Waals surface area contributed by atoms with E-state index >= 15 is 0 Å². The largest absolute Gasteiger partial charge is 0.494 e. The Bertz CT molecular complexity index is 992. The third-order valence-corrected chi connectivity index (χ3v) is 4.15. The predicted molar refractivity (Wildman–Crippen MR) is 106 cm³/mol. The van der Waals surface area contributed by atoms with E-state index in [1.165, 1.54) is 0 Å². The van der Waals surface area contributed by atoms with Gasteiger partial charge in [0.05, 0.1) is 29.4 Å². The van der Waals surface area contributed by atoms with Crippen molar-refractivity contribution in [2.45, 2.75) is 26.2 Å². The topological polar surface area (TPSA) is 75.0 Å². The number of rotatable bonds is 7. The number of anilines is 1. The van der Waals surface area contributed by atoms with Crippen LogP contribution in [0.5, 0.6) is 5.75 Å². The zero-order valence-electron chi connectivity index (χ0n) is 15.2. The quantitative estimate of drug-likeness (QED) is 0.626. The van der Waals surface area contributed by atoms with E-state index in [0.717, 1.165) is 35.0 Å². The summed E-state index contributed by atoms with van der Waals surface area (Å²) in [5, 5.41) is 12.9. The number of carbonyl (C=O) groups excluding carboxylic acids is 1. The number of carbonyl (C=O) groups is 1.